The zero-order valence-corrected chi connectivity index (χ0v) is 9.88. The van der Waals surface area contributed by atoms with Gasteiger partial charge in [0.1, 0.15) is 5.75 Å². The average Bonchev–Trinajstić information content (AvgIpc) is 2.74. The maximum Gasteiger partial charge on any atom is 0.173 e. The van der Waals surface area contributed by atoms with Crippen LogP contribution in [0.3, 0.4) is 0 Å². The molecule has 4 nitrogen and oxygen atoms in total. The highest BCUT2D eigenvalue weighted by Gasteiger charge is 2.15. The second-order valence-corrected chi connectivity index (χ2v) is 4.00. The number of benzene rings is 1. The number of ether oxygens (including phenoxy) is 1. The molecular formula is C11H12N2O2S. The second kappa shape index (κ2) is 4.49. The van der Waals surface area contributed by atoms with Gasteiger partial charge in [-0.3, -0.25) is 0 Å². The number of nitrogen functional groups attached to an aromatic ring is 1. The standard InChI is InChI=1S/C11H12N2O2S/c1-14-7-4-3-5-9(16-2)11(7)8-6-10(12)13-15-8/h3-6H,1-2H3,(H2,12,13). The van der Waals surface area contributed by atoms with E-state index in [4.69, 9.17) is 15.0 Å². The van der Waals surface area contributed by atoms with Crippen molar-refractivity contribution < 1.29 is 9.26 Å². The molecule has 1 aromatic heterocycles. The molecule has 84 valence electrons. The maximum absolute atomic E-state index is 5.55. The fourth-order valence-corrected chi connectivity index (χ4v) is 2.12. The van der Waals surface area contributed by atoms with Gasteiger partial charge >= 0.3 is 0 Å². The Morgan fingerprint density at radius 3 is 2.81 bits per heavy atom. The van der Waals surface area contributed by atoms with Crippen LogP contribution in [0.4, 0.5) is 5.82 Å². The van der Waals surface area contributed by atoms with Gasteiger partial charge in [0, 0.05) is 11.0 Å². The highest BCUT2D eigenvalue weighted by Crippen LogP contribution is 2.38. The van der Waals surface area contributed by atoms with Gasteiger partial charge in [-0.1, -0.05) is 11.2 Å². The van der Waals surface area contributed by atoms with Gasteiger partial charge < -0.3 is 15.0 Å². The molecule has 2 aromatic rings. The van der Waals surface area contributed by atoms with Gasteiger partial charge in [-0.2, -0.15) is 0 Å². The van der Waals surface area contributed by atoms with E-state index in [2.05, 4.69) is 5.16 Å². The van der Waals surface area contributed by atoms with Crippen molar-refractivity contribution in [2.75, 3.05) is 19.1 Å². The molecule has 0 radical (unpaired) electrons. The van der Waals surface area contributed by atoms with Crippen LogP contribution in [-0.2, 0) is 0 Å². The lowest BCUT2D eigenvalue weighted by molar-refractivity contribution is 0.405. The van der Waals surface area contributed by atoms with E-state index in [1.807, 2.05) is 24.5 Å². The number of hydrogen-bond acceptors (Lipinski definition) is 5. The number of methoxy groups -OCH3 is 1. The SMILES string of the molecule is COc1cccc(SC)c1-c1cc(N)no1. The highest BCUT2D eigenvalue weighted by molar-refractivity contribution is 7.98. The van der Waals surface area contributed by atoms with Crippen molar-refractivity contribution in [3.63, 3.8) is 0 Å². The third-order valence-electron chi connectivity index (χ3n) is 2.20. The predicted octanol–water partition coefficient (Wildman–Crippen LogP) is 2.65. The summed E-state index contributed by atoms with van der Waals surface area (Å²) in [6.07, 6.45) is 2.00. The number of aromatic nitrogens is 1. The van der Waals surface area contributed by atoms with E-state index in [9.17, 15) is 0 Å². The first-order chi connectivity index (χ1) is 7.76. The molecule has 0 aliphatic rings. The fourth-order valence-electron chi connectivity index (χ4n) is 1.50. The first-order valence-corrected chi connectivity index (χ1v) is 5.92. The van der Waals surface area contributed by atoms with E-state index >= 15 is 0 Å². The van der Waals surface area contributed by atoms with Gasteiger partial charge in [-0.25, -0.2) is 0 Å². The Labute approximate surface area is 97.8 Å². The zero-order chi connectivity index (χ0) is 11.5. The van der Waals surface area contributed by atoms with E-state index in [0.717, 1.165) is 16.2 Å². The summed E-state index contributed by atoms with van der Waals surface area (Å²) in [6.45, 7) is 0. The summed E-state index contributed by atoms with van der Waals surface area (Å²) in [4.78, 5) is 1.07. The molecule has 0 aliphatic heterocycles. The molecule has 0 amide bonds. The zero-order valence-electron chi connectivity index (χ0n) is 9.06. The third-order valence-corrected chi connectivity index (χ3v) is 2.98. The molecule has 0 bridgehead atoms. The summed E-state index contributed by atoms with van der Waals surface area (Å²) >= 11 is 1.62. The Morgan fingerprint density at radius 2 is 2.25 bits per heavy atom. The quantitative estimate of drug-likeness (QED) is 0.830. The van der Waals surface area contributed by atoms with E-state index in [1.165, 1.54) is 0 Å². The molecular weight excluding hydrogens is 224 g/mol. The Morgan fingerprint density at radius 1 is 1.44 bits per heavy atom. The predicted molar refractivity (Wildman–Crippen MR) is 64.7 cm³/mol. The molecule has 0 saturated carbocycles. The van der Waals surface area contributed by atoms with Crippen molar-refractivity contribution in [2.24, 2.45) is 0 Å². The molecule has 0 saturated heterocycles. The maximum atomic E-state index is 5.55. The number of nitrogens with two attached hydrogens (primary N) is 1. The Hall–Kier alpha value is -1.62. The van der Waals surface area contributed by atoms with Gasteiger partial charge in [-0.15, -0.1) is 11.8 Å². The lowest BCUT2D eigenvalue weighted by atomic mass is 10.1. The number of rotatable bonds is 3. The molecule has 2 N–H and O–H groups in total. The number of hydrogen-bond donors (Lipinski definition) is 1. The number of thioether (sulfide) groups is 1. The fraction of sp³-hybridized carbons (Fsp3) is 0.182. The smallest absolute Gasteiger partial charge is 0.173 e. The van der Waals surface area contributed by atoms with Crippen molar-refractivity contribution >= 4 is 17.6 Å². The van der Waals surface area contributed by atoms with Gasteiger partial charge in [0.05, 0.1) is 12.7 Å². The minimum atomic E-state index is 0.368. The Balaban J connectivity index is 2.60. The van der Waals surface area contributed by atoms with E-state index in [-0.39, 0.29) is 0 Å². The van der Waals surface area contributed by atoms with Crippen molar-refractivity contribution in [3.8, 4) is 17.1 Å². The lowest BCUT2D eigenvalue weighted by Gasteiger charge is -2.09. The summed E-state index contributed by atoms with van der Waals surface area (Å²) in [5.41, 5.74) is 6.44. The van der Waals surface area contributed by atoms with Gasteiger partial charge in [0.25, 0.3) is 0 Å². The average molecular weight is 236 g/mol. The topological polar surface area (TPSA) is 61.3 Å². The lowest BCUT2D eigenvalue weighted by Crippen LogP contribution is -1.89. The van der Waals surface area contributed by atoms with Crippen LogP contribution >= 0.6 is 11.8 Å². The molecule has 0 spiro atoms. The van der Waals surface area contributed by atoms with Gasteiger partial charge in [0.2, 0.25) is 0 Å². The van der Waals surface area contributed by atoms with Crippen LogP contribution in [-0.4, -0.2) is 18.5 Å². The van der Waals surface area contributed by atoms with Crippen LogP contribution in [0.15, 0.2) is 33.7 Å². The van der Waals surface area contributed by atoms with E-state index < -0.39 is 0 Å². The summed E-state index contributed by atoms with van der Waals surface area (Å²) in [7, 11) is 1.63. The van der Waals surface area contributed by atoms with Gasteiger partial charge in [-0.05, 0) is 18.4 Å². The first kappa shape index (κ1) is 10.9. The molecule has 0 aliphatic carbocycles. The third kappa shape index (κ3) is 1.86. The van der Waals surface area contributed by atoms with Crippen LogP contribution in [0, 0.1) is 0 Å². The normalized spacial score (nSPS) is 10.4. The molecule has 1 heterocycles. The van der Waals surface area contributed by atoms with Gasteiger partial charge in [0.15, 0.2) is 11.6 Å². The number of anilines is 1. The molecule has 2 rings (SSSR count). The highest BCUT2D eigenvalue weighted by atomic mass is 32.2. The van der Waals surface area contributed by atoms with Crippen LogP contribution in [0.25, 0.3) is 11.3 Å². The minimum Gasteiger partial charge on any atom is -0.496 e. The summed E-state index contributed by atoms with van der Waals surface area (Å²) in [5.74, 6) is 1.75. The second-order valence-electron chi connectivity index (χ2n) is 3.15. The molecule has 0 unspecified atom stereocenters. The largest absolute Gasteiger partial charge is 0.496 e. The Kier molecular flexibility index (Phi) is 3.05. The molecule has 16 heavy (non-hydrogen) atoms. The minimum absolute atomic E-state index is 0.368. The summed E-state index contributed by atoms with van der Waals surface area (Å²) in [5, 5.41) is 3.68. The van der Waals surface area contributed by atoms with Crippen LogP contribution in [0.2, 0.25) is 0 Å². The monoisotopic (exact) mass is 236 g/mol. The van der Waals surface area contributed by atoms with Crippen molar-refractivity contribution in [1.82, 2.24) is 5.16 Å². The van der Waals surface area contributed by atoms with Crippen LogP contribution < -0.4 is 10.5 Å². The molecule has 1 aromatic carbocycles. The summed E-state index contributed by atoms with van der Waals surface area (Å²) in [6, 6.07) is 7.51. The van der Waals surface area contributed by atoms with E-state index in [0.29, 0.717) is 11.6 Å². The van der Waals surface area contributed by atoms with Crippen LogP contribution in [0.1, 0.15) is 0 Å². The molecule has 5 heteroatoms. The first-order valence-electron chi connectivity index (χ1n) is 4.70. The van der Waals surface area contributed by atoms with Crippen molar-refractivity contribution in [2.45, 2.75) is 4.90 Å². The van der Waals surface area contributed by atoms with E-state index in [1.54, 1.807) is 24.9 Å². The molecule has 0 fully saturated rings. The van der Waals surface area contributed by atoms with Crippen LogP contribution in [0.5, 0.6) is 5.75 Å². The summed E-state index contributed by atoms with van der Waals surface area (Å²) < 4.78 is 10.5. The Bertz CT molecular complexity index is 474. The van der Waals surface area contributed by atoms with Crippen molar-refractivity contribution in [3.05, 3.63) is 24.3 Å². The number of nitrogens with zero attached hydrogens (tertiary/aromatic N) is 1. The molecule has 0 atom stereocenters. The van der Waals surface area contributed by atoms with Crippen molar-refractivity contribution in [1.29, 1.82) is 0 Å².